The maximum absolute atomic E-state index is 12.2. The highest BCUT2D eigenvalue weighted by atomic mass is 16.5. The second kappa shape index (κ2) is 50.8. The van der Waals surface area contributed by atoms with E-state index in [2.05, 4.69) is 22.5 Å². The number of amides is 3. The smallest absolute Gasteiger partial charge is 0.306 e. The Labute approximate surface area is 475 Å². The molecule has 0 aromatic carbocycles. The number of Topliss-reactive ketones (excluding diaryl/α,β-unsaturated/α-hetero) is 4. The van der Waals surface area contributed by atoms with E-state index in [1.807, 2.05) is 20.8 Å². The first-order valence-electron chi connectivity index (χ1n) is 29.8. The predicted molar refractivity (Wildman–Crippen MR) is 307 cm³/mol. The molecule has 0 saturated carbocycles. The molecule has 0 bridgehead atoms. The number of hydrogen-bond donors (Lipinski definition) is 5. The Morgan fingerprint density at radius 3 is 1.52 bits per heavy atom. The zero-order valence-corrected chi connectivity index (χ0v) is 50.1. The summed E-state index contributed by atoms with van der Waals surface area (Å²) in [5.41, 5.74) is -0.465. The first-order chi connectivity index (χ1) is 37.2. The number of likely N-dealkylation sites (tertiary alicyclic amines) is 1. The van der Waals surface area contributed by atoms with Gasteiger partial charge < -0.3 is 55.6 Å². The molecule has 19 nitrogen and oxygen atoms in total. The van der Waals surface area contributed by atoms with Crippen molar-refractivity contribution >= 4 is 52.8 Å². The normalized spacial score (nSPS) is 13.3. The van der Waals surface area contributed by atoms with Crippen molar-refractivity contribution in [2.45, 2.75) is 228 Å². The second-order valence-corrected chi connectivity index (χ2v) is 22.4. The molecule has 1 fully saturated rings. The van der Waals surface area contributed by atoms with Gasteiger partial charge in [-0.1, -0.05) is 124 Å². The van der Waals surface area contributed by atoms with Crippen molar-refractivity contribution in [3.05, 3.63) is 0 Å². The van der Waals surface area contributed by atoms with E-state index in [1.165, 1.54) is 110 Å². The third-order valence-corrected chi connectivity index (χ3v) is 14.0. The lowest BCUT2D eigenvalue weighted by Gasteiger charge is -2.30. The number of aliphatic carboxylic acids is 2. The van der Waals surface area contributed by atoms with Gasteiger partial charge in [0.05, 0.1) is 39.0 Å². The van der Waals surface area contributed by atoms with E-state index in [9.17, 15) is 43.2 Å². The van der Waals surface area contributed by atoms with Crippen LogP contribution in [0, 0.1) is 23.2 Å². The molecule has 7 N–H and O–H groups in total. The Kier molecular flexibility index (Phi) is 49.4. The molecule has 0 spiro atoms. The molecule has 1 aliphatic rings. The molecule has 0 radical (unpaired) electrons. The fraction of sp³-hybridized carbons (Fsp3) is 0.850. The number of unbranched alkanes of at least 4 members (excludes halogenated alkanes) is 16. The lowest BCUT2D eigenvalue weighted by molar-refractivity contribution is -0.144. The molecule has 0 aromatic heterocycles. The SMILES string of the molecule is CC(=O)CC(CCC(=O)NCCOCCOCC(=O)CCCOCCOCC(=O)NCCCC[C@H](CC(=O)C(C)(C)C)C(C)=O)C(=O)O.CC1CCN(C(=O)CCCCCCCCCCCCCCCCCCC(=O)O)CC1.N. The molecular formula is C60H110N4O15. The lowest BCUT2D eigenvalue weighted by Crippen LogP contribution is -2.37. The van der Waals surface area contributed by atoms with Crippen LogP contribution >= 0.6 is 0 Å². The topological polar surface area (TPSA) is 293 Å². The summed E-state index contributed by atoms with van der Waals surface area (Å²) in [5.74, 6) is -2.50. The highest BCUT2D eigenvalue weighted by molar-refractivity contribution is 5.89. The van der Waals surface area contributed by atoms with Gasteiger partial charge in [0.15, 0.2) is 5.78 Å². The average molecular weight is 1130 g/mol. The molecule has 1 aliphatic heterocycles. The summed E-state index contributed by atoms with van der Waals surface area (Å²) in [5, 5.41) is 23.1. The number of rotatable bonds is 50. The number of carboxylic acid groups (broad SMARTS) is 2. The zero-order chi connectivity index (χ0) is 58.2. The van der Waals surface area contributed by atoms with E-state index in [0.717, 1.165) is 51.1 Å². The predicted octanol–water partition coefficient (Wildman–Crippen LogP) is 9.99. The number of hydrogen-bond acceptors (Lipinski definition) is 14. The summed E-state index contributed by atoms with van der Waals surface area (Å²) < 4.78 is 21.4. The van der Waals surface area contributed by atoms with E-state index in [-0.39, 0.29) is 125 Å². The number of piperidine rings is 1. The van der Waals surface area contributed by atoms with E-state index in [4.69, 9.17) is 29.2 Å². The lowest BCUT2D eigenvalue weighted by atomic mass is 9.82. The molecule has 1 rings (SSSR count). The molecule has 1 saturated heterocycles. The van der Waals surface area contributed by atoms with Crippen LogP contribution in [0.1, 0.15) is 228 Å². The van der Waals surface area contributed by atoms with Crippen LogP contribution in [0.4, 0.5) is 0 Å². The monoisotopic (exact) mass is 1130 g/mol. The molecule has 0 aromatic rings. The zero-order valence-electron chi connectivity index (χ0n) is 50.1. The first-order valence-corrected chi connectivity index (χ1v) is 29.8. The highest BCUT2D eigenvalue weighted by Crippen LogP contribution is 2.24. The number of ether oxygens (including phenoxy) is 4. The first kappa shape index (κ1) is 76.9. The molecule has 1 unspecified atom stereocenters. The van der Waals surface area contributed by atoms with E-state index < -0.39 is 23.3 Å². The molecule has 1 heterocycles. The molecule has 3 amide bonds. The maximum atomic E-state index is 12.2. The van der Waals surface area contributed by atoms with Crippen LogP contribution < -0.4 is 16.8 Å². The largest absolute Gasteiger partial charge is 0.481 e. The van der Waals surface area contributed by atoms with Crippen LogP contribution in [-0.4, -0.2) is 147 Å². The molecule has 79 heavy (non-hydrogen) atoms. The molecule has 19 heteroatoms. The van der Waals surface area contributed by atoms with Crippen LogP contribution in [0.15, 0.2) is 0 Å². The van der Waals surface area contributed by atoms with Gasteiger partial charge in [-0.2, -0.15) is 0 Å². The number of nitrogens with zero attached hydrogens (tertiary/aromatic N) is 1. The third-order valence-electron chi connectivity index (χ3n) is 14.0. The number of carbonyl (C=O) groups excluding carboxylic acids is 7. The summed E-state index contributed by atoms with van der Waals surface area (Å²) in [6, 6.07) is 0. The fourth-order valence-electron chi connectivity index (χ4n) is 8.77. The minimum atomic E-state index is -1.09. The molecule has 460 valence electrons. The quantitative estimate of drug-likeness (QED) is 0.0354. The molecule has 2 atom stereocenters. The van der Waals surface area contributed by atoms with Gasteiger partial charge >= 0.3 is 11.9 Å². The second-order valence-electron chi connectivity index (χ2n) is 22.4. The van der Waals surface area contributed by atoms with Crippen molar-refractivity contribution in [3.63, 3.8) is 0 Å². The summed E-state index contributed by atoms with van der Waals surface area (Å²) >= 11 is 0. The summed E-state index contributed by atoms with van der Waals surface area (Å²) in [7, 11) is 0. The number of carboxylic acids is 2. The Morgan fingerprint density at radius 1 is 0.519 bits per heavy atom. The van der Waals surface area contributed by atoms with Crippen molar-refractivity contribution in [1.82, 2.24) is 21.7 Å². The average Bonchev–Trinajstić information content (AvgIpc) is 3.37. The van der Waals surface area contributed by atoms with E-state index in [1.54, 1.807) is 0 Å². The van der Waals surface area contributed by atoms with Crippen molar-refractivity contribution in [2.24, 2.45) is 23.2 Å². The highest BCUT2D eigenvalue weighted by Gasteiger charge is 2.27. The molecule has 0 aliphatic carbocycles. The van der Waals surface area contributed by atoms with Crippen molar-refractivity contribution in [1.29, 1.82) is 0 Å². The van der Waals surface area contributed by atoms with Crippen LogP contribution in [0.3, 0.4) is 0 Å². The Morgan fingerprint density at radius 2 is 1.01 bits per heavy atom. The van der Waals surface area contributed by atoms with Gasteiger partial charge in [0.2, 0.25) is 17.7 Å². The number of ketones is 4. The standard InChI is InChI=1S/C34H58N2O12.C26H49NO3.H3N/c1-25(37)21-28(33(43)44)11-12-31(41)36-14-16-46-18-19-47-23-29(39)10-8-15-45-17-20-48-24-32(42)35-13-7-6-9-27(26(2)38)22-30(40)34(3,4)5;1-24-20-22-27(23-21-24)25(28)18-16-14-12-10-8-6-4-2-3-5-7-9-11-13-15-17-19-26(29)30;/h27-28H,6-24H2,1-5H3,(H,35,42)(H,36,41)(H,43,44);24H,2-23H2,1H3,(H,29,30);1H3/t27-,28?;;/m1../s1. The summed E-state index contributed by atoms with van der Waals surface area (Å²) in [6.07, 6.45) is 26.7. The Bertz CT molecular complexity index is 1660. The Hall–Kier alpha value is -4.17. The number of nitrogens with one attached hydrogen (secondary N) is 2. The van der Waals surface area contributed by atoms with Crippen LogP contribution in [0.2, 0.25) is 0 Å². The van der Waals surface area contributed by atoms with Gasteiger partial charge in [0, 0.05) is 82.6 Å². The van der Waals surface area contributed by atoms with E-state index >= 15 is 0 Å². The third kappa shape index (κ3) is 49.4. The minimum Gasteiger partial charge on any atom is -0.481 e. The summed E-state index contributed by atoms with van der Waals surface area (Å²) in [6.45, 7) is 14.8. The maximum Gasteiger partial charge on any atom is 0.306 e. The van der Waals surface area contributed by atoms with Crippen molar-refractivity contribution in [2.75, 3.05) is 79.0 Å². The fourth-order valence-corrected chi connectivity index (χ4v) is 8.77. The van der Waals surface area contributed by atoms with Crippen LogP contribution in [-0.2, 0) is 62.1 Å². The van der Waals surface area contributed by atoms with Crippen LogP contribution in [0.25, 0.3) is 0 Å². The molecular weight excluding hydrogens is 1020 g/mol. The van der Waals surface area contributed by atoms with Crippen LogP contribution in [0.5, 0.6) is 0 Å². The minimum absolute atomic E-state index is 0. The van der Waals surface area contributed by atoms with Gasteiger partial charge in [-0.25, -0.2) is 0 Å². The van der Waals surface area contributed by atoms with Gasteiger partial charge in [-0.15, -0.1) is 0 Å². The summed E-state index contributed by atoms with van der Waals surface area (Å²) in [4.78, 5) is 107. The van der Waals surface area contributed by atoms with Gasteiger partial charge in [-0.3, -0.25) is 38.4 Å². The van der Waals surface area contributed by atoms with Gasteiger partial charge in [0.25, 0.3) is 0 Å². The number of carbonyl (C=O) groups is 9. The van der Waals surface area contributed by atoms with Gasteiger partial charge in [-0.05, 0) is 71.1 Å². The van der Waals surface area contributed by atoms with E-state index in [0.29, 0.717) is 51.2 Å². The van der Waals surface area contributed by atoms with Gasteiger partial charge in [0.1, 0.15) is 30.6 Å². The van der Waals surface area contributed by atoms with Crippen molar-refractivity contribution in [3.8, 4) is 0 Å². The van der Waals surface area contributed by atoms with Crippen molar-refractivity contribution < 1.29 is 72.3 Å². The Balaban J connectivity index is 0.